The minimum atomic E-state index is 0.625. The highest BCUT2D eigenvalue weighted by atomic mass is 33.1. The van der Waals surface area contributed by atoms with Crippen molar-refractivity contribution in [2.75, 3.05) is 12.8 Å². The van der Waals surface area contributed by atoms with Crippen molar-refractivity contribution < 1.29 is 0 Å². The Labute approximate surface area is 65.6 Å². The van der Waals surface area contributed by atoms with Crippen LogP contribution in [0.25, 0.3) is 0 Å². The third kappa shape index (κ3) is 4.12. The SMILES string of the molecule is CSS[C@@H](CN)C(C)C. The average molecular weight is 165 g/mol. The highest BCUT2D eigenvalue weighted by Gasteiger charge is 2.10. The molecule has 0 saturated carbocycles. The van der Waals surface area contributed by atoms with Gasteiger partial charge in [0.05, 0.1) is 0 Å². The van der Waals surface area contributed by atoms with Crippen LogP contribution in [0.4, 0.5) is 0 Å². The zero-order chi connectivity index (χ0) is 7.28. The molecular formula is C6H15NS2. The maximum absolute atomic E-state index is 5.53. The molecule has 1 atom stereocenters. The predicted octanol–water partition coefficient (Wildman–Crippen LogP) is 1.98. The van der Waals surface area contributed by atoms with E-state index in [-0.39, 0.29) is 0 Å². The Morgan fingerprint density at radius 2 is 2.00 bits per heavy atom. The second kappa shape index (κ2) is 5.45. The molecule has 0 spiro atoms. The van der Waals surface area contributed by atoms with Crippen molar-refractivity contribution in [3.05, 3.63) is 0 Å². The summed E-state index contributed by atoms with van der Waals surface area (Å²) >= 11 is 0. The van der Waals surface area contributed by atoms with Crippen LogP contribution in [0.2, 0.25) is 0 Å². The van der Waals surface area contributed by atoms with E-state index in [1.165, 1.54) is 0 Å². The second-order valence-electron chi connectivity index (χ2n) is 2.28. The minimum absolute atomic E-state index is 0.625. The highest BCUT2D eigenvalue weighted by molar-refractivity contribution is 8.76. The molecule has 0 aliphatic heterocycles. The standard InChI is InChI=1S/C6H15NS2/c1-5(2)6(4-7)9-8-3/h5-6H,4,7H2,1-3H3/t6-/m0/s1. The van der Waals surface area contributed by atoms with Crippen LogP contribution in [0.3, 0.4) is 0 Å². The molecule has 56 valence electrons. The second-order valence-corrected chi connectivity index (χ2v) is 4.99. The number of hydrogen-bond donors (Lipinski definition) is 1. The summed E-state index contributed by atoms with van der Waals surface area (Å²) in [6, 6.07) is 0. The fourth-order valence-electron chi connectivity index (χ4n) is 0.546. The molecule has 0 saturated heterocycles. The van der Waals surface area contributed by atoms with Crippen molar-refractivity contribution in [3.63, 3.8) is 0 Å². The van der Waals surface area contributed by atoms with Gasteiger partial charge in [-0.3, -0.25) is 0 Å². The van der Waals surface area contributed by atoms with Crippen molar-refractivity contribution in [2.24, 2.45) is 11.7 Å². The molecule has 0 fully saturated rings. The lowest BCUT2D eigenvalue weighted by atomic mass is 10.1. The molecular weight excluding hydrogens is 150 g/mol. The molecule has 3 heteroatoms. The summed E-state index contributed by atoms with van der Waals surface area (Å²) < 4.78 is 0. The first-order chi connectivity index (χ1) is 4.22. The molecule has 0 amide bonds. The van der Waals surface area contributed by atoms with Crippen LogP contribution in [0, 0.1) is 5.92 Å². The van der Waals surface area contributed by atoms with Crippen molar-refractivity contribution in [1.29, 1.82) is 0 Å². The van der Waals surface area contributed by atoms with E-state index in [4.69, 9.17) is 5.73 Å². The Bertz CT molecular complexity index is 66.1. The summed E-state index contributed by atoms with van der Waals surface area (Å²) in [7, 11) is 3.68. The van der Waals surface area contributed by atoms with Gasteiger partial charge < -0.3 is 5.73 Å². The fraction of sp³-hybridized carbons (Fsp3) is 1.00. The third-order valence-electron chi connectivity index (χ3n) is 1.20. The van der Waals surface area contributed by atoms with Gasteiger partial charge in [-0.25, -0.2) is 0 Å². The molecule has 0 aromatic rings. The number of nitrogens with two attached hydrogens (primary N) is 1. The Morgan fingerprint density at radius 1 is 1.44 bits per heavy atom. The number of hydrogen-bond acceptors (Lipinski definition) is 3. The summed E-state index contributed by atoms with van der Waals surface area (Å²) in [5.41, 5.74) is 5.53. The van der Waals surface area contributed by atoms with Gasteiger partial charge in [-0.05, 0) is 12.2 Å². The maximum atomic E-state index is 5.53. The van der Waals surface area contributed by atoms with Crippen LogP contribution in [-0.4, -0.2) is 18.1 Å². The van der Waals surface area contributed by atoms with E-state index in [2.05, 4.69) is 20.1 Å². The summed E-state index contributed by atoms with van der Waals surface area (Å²) in [5.74, 6) is 0.701. The van der Waals surface area contributed by atoms with Gasteiger partial charge in [-0.1, -0.05) is 35.4 Å². The topological polar surface area (TPSA) is 26.0 Å². The fourth-order valence-corrected chi connectivity index (χ4v) is 2.74. The average Bonchev–Trinajstić information content (AvgIpc) is 1.82. The Balaban J connectivity index is 3.41. The van der Waals surface area contributed by atoms with Crippen molar-refractivity contribution in [3.8, 4) is 0 Å². The molecule has 9 heavy (non-hydrogen) atoms. The van der Waals surface area contributed by atoms with Crippen LogP contribution in [0.1, 0.15) is 13.8 Å². The largest absolute Gasteiger partial charge is 0.329 e. The van der Waals surface area contributed by atoms with E-state index in [1.807, 2.05) is 10.8 Å². The van der Waals surface area contributed by atoms with Gasteiger partial charge in [0, 0.05) is 11.8 Å². The van der Waals surface area contributed by atoms with Gasteiger partial charge in [0.1, 0.15) is 0 Å². The first kappa shape index (κ1) is 9.66. The molecule has 0 heterocycles. The van der Waals surface area contributed by atoms with E-state index in [9.17, 15) is 0 Å². The van der Waals surface area contributed by atoms with Crippen LogP contribution in [0.15, 0.2) is 0 Å². The monoisotopic (exact) mass is 165 g/mol. The van der Waals surface area contributed by atoms with Gasteiger partial charge in [0.25, 0.3) is 0 Å². The van der Waals surface area contributed by atoms with Crippen molar-refractivity contribution >= 4 is 21.6 Å². The summed E-state index contributed by atoms with van der Waals surface area (Å²) in [5, 5.41) is 0.625. The van der Waals surface area contributed by atoms with Crippen LogP contribution in [0.5, 0.6) is 0 Å². The normalized spacial score (nSPS) is 14.3. The quantitative estimate of drug-likeness (QED) is 0.645. The maximum Gasteiger partial charge on any atom is 0.0296 e. The van der Waals surface area contributed by atoms with E-state index < -0.39 is 0 Å². The van der Waals surface area contributed by atoms with Crippen molar-refractivity contribution in [2.45, 2.75) is 19.1 Å². The molecule has 1 nitrogen and oxygen atoms in total. The van der Waals surface area contributed by atoms with Gasteiger partial charge in [-0.2, -0.15) is 0 Å². The predicted molar refractivity (Wildman–Crippen MR) is 48.8 cm³/mol. The van der Waals surface area contributed by atoms with E-state index in [1.54, 1.807) is 10.8 Å². The zero-order valence-corrected chi connectivity index (χ0v) is 7.89. The zero-order valence-electron chi connectivity index (χ0n) is 6.26. The molecule has 0 aromatic carbocycles. The van der Waals surface area contributed by atoms with Gasteiger partial charge in [0.2, 0.25) is 0 Å². The first-order valence-corrected chi connectivity index (χ1v) is 5.74. The molecule has 0 radical (unpaired) electrons. The first-order valence-electron chi connectivity index (χ1n) is 3.12. The van der Waals surface area contributed by atoms with Gasteiger partial charge >= 0.3 is 0 Å². The Kier molecular flexibility index (Phi) is 5.84. The highest BCUT2D eigenvalue weighted by Crippen LogP contribution is 2.27. The lowest BCUT2D eigenvalue weighted by Gasteiger charge is -2.15. The van der Waals surface area contributed by atoms with E-state index >= 15 is 0 Å². The summed E-state index contributed by atoms with van der Waals surface area (Å²) in [6.07, 6.45) is 2.09. The van der Waals surface area contributed by atoms with Crippen LogP contribution >= 0.6 is 21.6 Å². The van der Waals surface area contributed by atoms with Gasteiger partial charge in [0.15, 0.2) is 0 Å². The lowest BCUT2D eigenvalue weighted by molar-refractivity contribution is 0.616. The lowest BCUT2D eigenvalue weighted by Crippen LogP contribution is -2.21. The number of rotatable bonds is 4. The molecule has 0 unspecified atom stereocenters. The van der Waals surface area contributed by atoms with Crippen molar-refractivity contribution in [1.82, 2.24) is 0 Å². The van der Waals surface area contributed by atoms with E-state index in [0.29, 0.717) is 11.2 Å². The minimum Gasteiger partial charge on any atom is -0.329 e. The van der Waals surface area contributed by atoms with E-state index in [0.717, 1.165) is 6.54 Å². The summed E-state index contributed by atoms with van der Waals surface area (Å²) in [6.45, 7) is 5.21. The molecule has 0 aromatic heterocycles. The molecule has 0 aliphatic rings. The summed E-state index contributed by atoms with van der Waals surface area (Å²) in [4.78, 5) is 0. The molecule has 2 N–H and O–H groups in total. The van der Waals surface area contributed by atoms with Gasteiger partial charge in [-0.15, -0.1) is 0 Å². The Hall–Kier alpha value is 0.660. The Morgan fingerprint density at radius 3 is 2.11 bits per heavy atom. The molecule has 0 bridgehead atoms. The van der Waals surface area contributed by atoms with Crippen LogP contribution in [-0.2, 0) is 0 Å². The molecule has 0 aliphatic carbocycles. The smallest absolute Gasteiger partial charge is 0.0296 e. The van der Waals surface area contributed by atoms with Crippen LogP contribution < -0.4 is 5.73 Å². The third-order valence-corrected chi connectivity index (χ3v) is 3.69. The molecule has 0 rings (SSSR count).